The molecule has 0 saturated heterocycles. The summed E-state index contributed by atoms with van der Waals surface area (Å²) in [7, 11) is 0. The Hall–Kier alpha value is -1.66. The summed E-state index contributed by atoms with van der Waals surface area (Å²) in [4.78, 5) is 4.36. The van der Waals surface area contributed by atoms with Crippen LogP contribution in [0, 0.1) is 39.0 Å². The van der Waals surface area contributed by atoms with E-state index in [1.165, 1.54) is 39.2 Å². The molecule has 0 aliphatic carbocycles. The van der Waals surface area contributed by atoms with Gasteiger partial charge in [0.15, 0.2) is 5.69 Å². The van der Waals surface area contributed by atoms with Crippen molar-refractivity contribution < 1.29 is 0 Å². The van der Waals surface area contributed by atoms with Crippen molar-refractivity contribution in [3.05, 3.63) is 39.4 Å². The van der Waals surface area contributed by atoms with Gasteiger partial charge in [-0.1, -0.05) is 6.07 Å². The highest BCUT2D eigenvalue weighted by Crippen LogP contribution is 2.33. The lowest BCUT2D eigenvalue weighted by atomic mass is 9.95. The molecule has 0 radical (unpaired) electrons. The molecule has 86 valence electrons. The first-order valence-corrected chi connectivity index (χ1v) is 6.36. The van der Waals surface area contributed by atoms with E-state index < -0.39 is 0 Å². The van der Waals surface area contributed by atoms with Crippen molar-refractivity contribution >= 4 is 11.3 Å². The Bertz CT molecular complexity index is 592. The average molecular weight is 242 g/mol. The third-order valence-corrected chi connectivity index (χ3v) is 4.06. The lowest BCUT2D eigenvalue weighted by molar-refractivity contribution is 1.23. The summed E-state index contributed by atoms with van der Waals surface area (Å²) in [5, 5.41) is 11.6. The van der Waals surface area contributed by atoms with Crippen LogP contribution >= 0.6 is 11.3 Å². The third kappa shape index (κ3) is 1.96. The predicted octanol–water partition coefficient (Wildman–Crippen LogP) is 3.92. The van der Waals surface area contributed by atoms with Gasteiger partial charge in [-0.05, 0) is 49.9 Å². The smallest absolute Gasteiger partial charge is 0.152 e. The van der Waals surface area contributed by atoms with Crippen LogP contribution in [-0.2, 0) is 0 Å². The van der Waals surface area contributed by atoms with E-state index in [0.29, 0.717) is 5.69 Å². The maximum Gasteiger partial charge on any atom is 0.152 e. The Labute approximate surface area is 106 Å². The summed E-state index contributed by atoms with van der Waals surface area (Å²) < 4.78 is 0. The second-order valence-electron chi connectivity index (χ2n) is 4.29. The number of aromatic nitrogens is 1. The molecule has 1 heterocycles. The van der Waals surface area contributed by atoms with Crippen LogP contribution in [0.5, 0.6) is 0 Å². The van der Waals surface area contributed by atoms with Crippen molar-refractivity contribution in [2.75, 3.05) is 0 Å². The number of benzene rings is 1. The standard InChI is InChI=1S/C14H14N2S/c1-8-5-9(2)11(4)13(10(8)3)14-16-12(6-15)7-17-14/h5,7H,1-4H3. The highest BCUT2D eigenvalue weighted by molar-refractivity contribution is 7.13. The Balaban J connectivity index is 2.71. The summed E-state index contributed by atoms with van der Waals surface area (Å²) >= 11 is 1.54. The van der Waals surface area contributed by atoms with E-state index in [-0.39, 0.29) is 0 Å². The molecular formula is C14H14N2S. The Kier molecular flexibility index (Phi) is 2.99. The monoisotopic (exact) mass is 242 g/mol. The predicted molar refractivity (Wildman–Crippen MR) is 71.2 cm³/mol. The number of aryl methyl sites for hydroxylation is 2. The number of hydrogen-bond acceptors (Lipinski definition) is 3. The van der Waals surface area contributed by atoms with Gasteiger partial charge >= 0.3 is 0 Å². The molecule has 0 N–H and O–H groups in total. The molecule has 3 heteroatoms. The summed E-state index contributed by atoms with van der Waals surface area (Å²) in [6.45, 7) is 8.46. The molecule has 0 atom stereocenters. The molecule has 0 spiro atoms. The topological polar surface area (TPSA) is 36.7 Å². The zero-order valence-corrected chi connectivity index (χ0v) is 11.3. The van der Waals surface area contributed by atoms with Crippen molar-refractivity contribution in [1.82, 2.24) is 4.98 Å². The largest absolute Gasteiger partial charge is 0.225 e. The minimum atomic E-state index is 0.503. The van der Waals surface area contributed by atoms with E-state index in [1.54, 1.807) is 0 Å². The number of nitriles is 1. The molecule has 0 aliphatic rings. The van der Waals surface area contributed by atoms with Gasteiger partial charge in [-0.3, -0.25) is 0 Å². The number of hydrogen-bond donors (Lipinski definition) is 0. The molecule has 0 aliphatic heterocycles. The van der Waals surface area contributed by atoms with Gasteiger partial charge < -0.3 is 0 Å². The summed E-state index contributed by atoms with van der Waals surface area (Å²) in [6.07, 6.45) is 0. The van der Waals surface area contributed by atoms with Gasteiger partial charge in [0.1, 0.15) is 11.1 Å². The SMILES string of the molecule is Cc1cc(C)c(C)c(-c2nc(C#N)cs2)c1C. The summed E-state index contributed by atoms with van der Waals surface area (Å²) in [5.74, 6) is 0. The van der Waals surface area contributed by atoms with Crippen LogP contribution in [-0.4, -0.2) is 4.98 Å². The molecule has 2 rings (SSSR count). The second kappa shape index (κ2) is 4.31. The molecule has 2 aromatic rings. The van der Waals surface area contributed by atoms with Crippen LogP contribution in [0.15, 0.2) is 11.4 Å². The van der Waals surface area contributed by atoms with E-state index in [2.05, 4.69) is 44.8 Å². The molecule has 17 heavy (non-hydrogen) atoms. The zero-order chi connectivity index (χ0) is 12.6. The molecular weight excluding hydrogens is 228 g/mol. The third-order valence-electron chi connectivity index (χ3n) is 3.20. The minimum absolute atomic E-state index is 0.503. The van der Waals surface area contributed by atoms with Crippen LogP contribution < -0.4 is 0 Å². The quantitative estimate of drug-likeness (QED) is 0.760. The van der Waals surface area contributed by atoms with Crippen molar-refractivity contribution in [2.45, 2.75) is 27.7 Å². The zero-order valence-electron chi connectivity index (χ0n) is 10.5. The van der Waals surface area contributed by atoms with Gasteiger partial charge in [0.2, 0.25) is 0 Å². The van der Waals surface area contributed by atoms with Crippen LogP contribution in [0.2, 0.25) is 0 Å². The lowest BCUT2D eigenvalue weighted by Crippen LogP contribution is -1.94. The molecule has 1 aromatic heterocycles. The Morgan fingerprint density at radius 1 is 1.12 bits per heavy atom. The molecule has 0 fully saturated rings. The summed E-state index contributed by atoms with van der Waals surface area (Å²) in [5.41, 5.74) is 6.75. The molecule has 2 nitrogen and oxygen atoms in total. The van der Waals surface area contributed by atoms with Crippen LogP contribution in [0.1, 0.15) is 27.9 Å². The maximum atomic E-state index is 8.84. The maximum absolute atomic E-state index is 8.84. The Morgan fingerprint density at radius 2 is 1.71 bits per heavy atom. The number of rotatable bonds is 1. The molecule has 0 amide bonds. The molecule has 0 saturated carbocycles. The lowest BCUT2D eigenvalue weighted by Gasteiger charge is -2.12. The molecule has 0 bridgehead atoms. The second-order valence-corrected chi connectivity index (χ2v) is 5.14. The first kappa shape index (κ1) is 11.8. The van der Waals surface area contributed by atoms with Crippen LogP contribution in [0.3, 0.4) is 0 Å². The fourth-order valence-electron chi connectivity index (χ4n) is 1.98. The van der Waals surface area contributed by atoms with Crippen molar-refractivity contribution in [3.63, 3.8) is 0 Å². The van der Waals surface area contributed by atoms with Crippen LogP contribution in [0.25, 0.3) is 10.6 Å². The number of nitrogens with zero attached hydrogens (tertiary/aromatic N) is 2. The highest BCUT2D eigenvalue weighted by atomic mass is 32.1. The van der Waals surface area contributed by atoms with E-state index in [9.17, 15) is 0 Å². The molecule has 1 aromatic carbocycles. The van der Waals surface area contributed by atoms with E-state index >= 15 is 0 Å². The van der Waals surface area contributed by atoms with Gasteiger partial charge in [-0.2, -0.15) is 5.26 Å². The van der Waals surface area contributed by atoms with Gasteiger partial charge in [0, 0.05) is 10.9 Å². The number of thiazole rings is 1. The van der Waals surface area contributed by atoms with E-state index in [1.807, 2.05) is 5.38 Å². The van der Waals surface area contributed by atoms with Gasteiger partial charge in [-0.25, -0.2) is 4.98 Å². The molecule has 0 unspecified atom stereocenters. The summed E-state index contributed by atoms with van der Waals surface area (Å²) in [6, 6.07) is 4.29. The van der Waals surface area contributed by atoms with Crippen LogP contribution in [0.4, 0.5) is 0 Å². The van der Waals surface area contributed by atoms with E-state index in [0.717, 1.165) is 5.01 Å². The van der Waals surface area contributed by atoms with Crippen molar-refractivity contribution in [1.29, 1.82) is 5.26 Å². The normalized spacial score (nSPS) is 10.3. The minimum Gasteiger partial charge on any atom is -0.225 e. The van der Waals surface area contributed by atoms with Gasteiger partial charge in [0.25, 0.3) is 0 Å². The van der Waals surface area contributed by atoms with Crippen molar-refractivity contribution in [3.8, 4) is 16.6 Å². The van der Waals surface area contributed by atoms with Crippen molar-refractivity contribution in [2.24, 2.45) is 0 Å². The first-order chi connectivity index (χ1) is 8.04. The van der Waals surface area contributed by atoms with E-state index in [4.69, 9.17) is 5.26 Å². The van der Waals surface area contributed by atoms with Gasteiger partial charge in [0.05, 0.1) is 0 Å². The van der Waals surface area contributed by atoms with Gasteiger partial charge in [-0.15, -0.1) is 11.3 Å². The first-order valence-electron chi connectivity index (χ1n) is 5.48. The average Bonchev–Trinajstić information content (AvgIpc) is 2.75. The highest BCUT2D eigenvalue weighted by Gasteiger charge is 2.13. The fraction of sp³-hybridized carbons (Fsp3) is 0.286. The fourth-order valence-corrected chi connectivity index (χ4v) is 2.88. The Morgan fingerprint density at radius 3 is 2.18 bits per heavy atom.